The number of nitrogens with one attached hydrogen (secondary N) is 2. The van der Waals surface area contributed by atoms with E-state index in [0.717, 1.165) is 5.56 Å². The molecule has 0 saturated carbocycles. The Bertz CT molecular complexity index is 257. The Morgan fingerprint density at radius 2 is 2.46 bits per heavy atom. The van der Waals surface area contributed by atoms with Crippen LogP contribution >= 0.6 is 0 Å². The van der Waals surface area contributed by atoms with Gasteiger partial charge in [-0.25, -0.2) is 0 Å². The maximum atomic E-state index is 11.1. The third kappa shape index (κ3) is 2.91. The van der Waals surface area contributed by atoms with Crippen LogP contribution in [0.2, 0.25) is 0 Å². The number of carbonyl (C=O) groups excluding carboxylic acids is 1. The van der Waals surface area contributed by atoms with Crippen LogP contribution in [0.5, 0.6) is 0 Å². The quantitative estimate of drug-likeness (QED) is 0.713. The lowest BCUT2D eigenvalue weighted by atomic mass is 10.3. The fraction of sp³-hybridized carbons (Fsp3) is 0.444. The van der Waals surface area contributed by atoms with Crippen LogP contribution in [0, 0.1) is 0 Å². The Morgan fingerprint density at radius 3 is 3.00 bits per heavy atom. The van der Waals surface area contributed by atoms with E-state index < -0.39 is 0 Å². The minimum absolute atomic E-state index is 0.0107. The Hall–Kier alpha value is -1.29. The van der Waals surface area contributed by atoms with Crippen molar-refractivity contribution in [1.29, 1.82) is 0 Å². The molecule has 4 heteroatoms. The van der Waals surface area contributed by atoms with Crippen molar-refractivity contribution in [2.45, 2.75) is 19.5 Å². The molecule has 72 valence electrons. The molecule has 0 saturated heterocycles. The van der Waals surface area contributed by atoms with E-state index in [1.165, 1.54) is 0 Å². The van der Waals surface area contributed by atoms with E-state index in [0.29, 0.717) is 6.54 Å². The van der Waals surface area contributed by atoms with E-state index in [2.05, 4.69) is 10.6 Å². The summed E-state index contributed by atoms with van der Waals surface area (Å²) in [6.07, 6.45) is 3.27. The second-order valence-electron chi connectivity index (χ2n) is 2.85. The molecule has 0 bridgehead atoms. The number of furan rings is 1. The van der Waals surface area contributed by atoms with E-state index in [9.17, 15) is 4.79 Å². The molecule has 0 aliphatic rings. The van der Waals surface area contributed by atoms with E-state index in [4.69, 9.17) is 4.42 Å². The maximum Gasteiger partial charge on any atom is 0.236 e. The van der Waals surface area contributed by atoms with Gasteiger partial charge in [-0.1, -0.05) is 0 Å². The first-order valence-corrected chi connectivity index (χ1v) is 4.20. The zero-order valence-corrected chi connectivity index (χ0v) is 7.83. The zero-order valence-electron chi connectivity index (χ0n) is 7.83. The van der Waals surface area contributed by atoms with Crippen LogP contribution in [0.4, 0.5) is 0 Å². The molecule has 1 rings (SSSR count). The average Bonchev–Trinajstić information content (AvgIpc) is 2.65. The number of rotatable bonds is 4. The van der Waals surface area contributed by atoms with Gasteiger partial charge in [0.15, 0.2) is 0 Å². The average molecular weight is 182 g/mol. The summed E-state index contributed by atoms with van der Waals surface area (Å²) in [4.78, 5) is 11.1. The maximum absolute atomic E-state index is 11.1. The van der Waals surface area contributed by atoms with Crippen LogP contribution in [-0.2, 0) is 11.3 Å². The lowest BCUT2D eigenvalue weighted by Gasteiger charge is -2.10. The molecular weight excluding hydrogens is 168 g/mol. The van der Waals surface area contributed by atoms with E-state index in [1.807, 2.05) is 13.0 Å². The second kappa shape index (κ2) is 4.67. The van der Waals surface area contributed by atoms with Crippen molar-refractivity contribution in [3.05, 3.63) is 24.2 Å². The Balaban J connectivity index is 2.30. The fourth-order valence-electron chi connectivity index (χ4n) is 0.973. The molecule has 13 heavy (non-hydrogen) atoms. The molecule has 1 atom stereocenters. The van der Waals surface area contributed by atoms with Gasteiger partial charge in [-0.05, 0) is 13.0 Å². The number of hydrogen-bond acceptors (Lipinski definition) is 3. The number of carbonyl (C=O) groups is 1. The molecule has 4 nitrogen and oxygen atoms in total. The number of likely N-dealkylation sites (N-methyl/N-ethyl adjacent to an activating group) is 1. The molecule has 1 unspecified atom stereocenters. The predicted molar refractivity (Wildman–Crippen MR) is 49.1 cm³/mol. The first kappa shape index (κ1) is 9.80. The topological polar surface area (TPSA) is 54.3 Å². The lowest BCUT2D eigenvalue weighted by Crippen LogP contribution is -2.40. The molecule has 1 amide bonds. The summed E-state index contributed by atoms with van der Waals surface area (Å²) >= 11 is 0. The third-order valence-corrected chi connectivity index (χ3v) is 1.83. The molecule has 1 aromatic heterocycles. The van der Waals surface area contributed by atoms with Crippen LogP contribution in [0.15, 0.2) is 23.0 Å². The fourth-order valence-corrected chi connectivity index (χ4v) is 0.973. The van der Waals surface area contributed by atoms with Gasteiger partial charge in [0.1, 0.15) is 0 Å². The highest BCUT2D eigenvalue weighted by Crippen LogP contribution is 1.99. The molecule has 0 fully saturated rings. The van der Waals surface area contributed by atoms with Crippen LogP contribution in [0.1, 0.15) is 12.5 Å². The Kier molecular flexibility index (Phi) is 3.52. The monoisotopic (exact) mass is 182 g/mol. The Labute approximate surface area is 77.3 Å². The number of hydrogen-bond donors (Lipinski definition) is 2. The minimum Gasteiger partial charge on any atom is -0.472 e. The molecule has 1 heterocycles. The minimum atomic E-state index is -0.181. The van der Waals surface area contributed by atoms with Crippen LogP contribution in [0.3, 0.4) is 0 Å². The summed E-state index contributed by atoms with van der Waals surface area (Å²) in [5, 5.41) is 5.63. The summed E-state index contributed by atoms with van der Waals surface area (Å²) < 4.78 is 4.89. The standard InChI is InChI=1S/C9H14N2O2/c1-7(9(12)10-2)11-5-8-3-4-13-6-8/h3-4,6-7,11H,5H2,1-2H3,(H,10,12). The summed E-state index contributed by atoms with van der Waals surface area (Å²) in [7, 11) is 1.62. The molecule has 0 spiro atoms. The van der Waals surface area contributed by atoms with Gasteiger partial charge in [-0.2, -0.15) is 0 Å². The van der Waals surface area contributed by atoms with Crippen molar-refractivity contribution in [1.82, 2.24) is 10.6 Å². The van der Waals surface area contributed by atoms with Gasteiger partial charge in [0.2, 0.25) is 5.91 Å². The molecule has 0 aromatic carbocycles. The molecule has 2 N–H and O–H groups in total. The normalized spacial score (nSPS) is 12.5. The highest BCUT2D eigenvalue weighted by atomic mass is 16.3. The van der Waals surface area contributed by atoms with Gasteiger partial charge in [0, 0.05) is 19.2 Å². The third-order valence-electron chi connectivity index (χ3n) is 1.83. The van der Waals surface area contributed by atoms with Gasteiger partial charge in [-0.15, -0.1) is 0 Å². The first-order chi connectivity index (χ1) is 6.24. The van der Waals surface area contributed by atoms with Gasteiger partial charge in [-0.3, -0.25) is 4.79 Å². The van der Waals surface area contributed by atoms with Crippen molar-refractivity contribution >= 4 is 5.91 Å². The second-order valence-corrected chi connectivity index (χ2v) is 2.85. The van der Waals surface area contributed by atoms with E-state index >= 15 is 0 Å². The van der Waals surface area contributed by atoms with Gasteiger partial charge >= 0.3 is 0 Å². The van der Waals surface area contributed by atoms with E-state index in [1.54, 1.807) is 19.6 Å². The molecule has 0 radical (unpaired) electrons. The molecule has 1 aromatic rings. The van der Waals surface area contributed by atoms with Gasteiger partial charge in [0.25, 0.3) is 0 Å². The summed E-state index contributed by atoms with van der Waals surface area (Å²) in [6, 6.07) is 1.68. The predicted octanol–water partition coefficient (Wildman–Crippen LogP) is 0.504. The van der Waals surface area contributed by atoms with Crippen molar-refractivity contribution < 1.29 is 9.21 Å². The van der Waals surface area contributed by atoms with Crippen LogP contribution < -0.4 is 10.6 Å². The zero-order chi connectivity index (χ0) is 9.68. The van der Waals surface area contributed by atoms with Crippen LogP contribution in [-0.4, -0.2) is 19.0 Å². The summed E-state index contributed by atoms with van der Waals surface area (Å²) in [6.45, 7) is 2.46. The lowest BCUT2D eigenvalue weighted by molar-refractivity contribution is -0.122. The summed E-state index contributed by atoms with van der Waals surface area (Å²) in [5.41, 5.74) is 1.04. The molecular formula is C9H14N2O2. The van der Waals surface area contributed by atoms with Gasteiger partial charge in [0.05, 0.1) is 18.6 Å². The van der Waals surface area contributed by atoms with E-state index in [-0.39, 0.29) is 11.9 Å². The molecule has 0 aliphatic carbocycles. The van der Waals surface area contributed by atoms with Crippen molar-refractivity contribution in [2.75, 3.05) is 7.05 Å². The Morgan fingerprint density at radius 1 is 1.69 bits per heavy atom. The number of amides is 1. The van der Waals surface area contributed by atoms with Crippen molar-refractivity contribution in [2.24, 2.45) is 0 Å². The van der Waals surface area contributed by atoms with Gasteiger partial charge < -0.3 is 15.1 Å². The summed E-state index contributed by atoms with van der Waals surface area (Å²) in [5.74, 6) is -0.0107. The highest BCUT2D eigenvalue weighted by Gasteiger charge is 2.09. The van der Waals surface area contributed by atoms with Crippen molar-refractivity contribution in [3.63, 3.8) is 0 Å². The largest absolute Gasteiger partial charge is 0.472 e. The van der Waals surface area contributed by atoms with Crippen LogP contribution in [0.25, 0.3) is 0 Å². The molecule has 0 aliphatic heterocycles. The van der Waals surface area contributed by atoms with Crippen molar-refractivity contribution in [3.8, 4) is 0 Å². The SMILES string of the molecule is CNC(=O)C(C)NCc1ccoc1. The highest BCUT2D eigenvalue weighted by molar-refractivity contribution is 5.80. The first-order valence-electron chi connectivity index (χ1n) is 4.20. The smallest absolute Gasteiger partial charge is 0.236 e.